The van der Waals surface area contributed by atoms with E-state index in [-0.39, 0.29) is 0 Å². The molecule has 2 aromatic rings. The zero-order chi connectivity index (χ0) is 10.7. The van der Waals surface area contributed by atoms with Gasteiger partial charge in [0.25, 0.3) is 0 Å². The van der Waals surface area contributed by atoms with Gasteiger partial charge in [-0.15, -0.1) is 0 Å². The maximum absolute atomic E-state index is 9.17. The van der Waals surface area contributed by atoms with Crippen LogP contribution in [0.3, 0.4) is 0 Å². The van der Waals surface area contributed by atoms with Gasteiger partial charge in [-0.05, 0) is 36.6 Å². The Labute approximate surface area is 90.0 Å². The number of aryl methyl sites for hydroxylation is 1. The van der Waals surface area contributed by atoms with E-state index in [9.17, 15) is 0 Å². The molecule has 0 bridgehead atoms. The van der Waals surface area contributed by atoms with Crippen LogP contribution in [0, 0.1) is 6.92 Å². The van der Waals surface area contributed by atoms with E-state index >= 15 is 0 Å². The molecule has 0 aliphatic rings. The third-order valence-corrected chi connectivity index (χ3v) is 2.43. The number of benzene rings is 2. The summed E-state index contributed by atoms with van der Waals surface area (Å²) in [5.74, 6) is 0.322. The molecule has 0 fully saturated rings. The van der Waals surface area contributed by atoms with Gasteiger partial charge < -0.3 is 5.11 Å². The molecule has 0 atom stereocenters. The Morgan fingerprint density at radius 3 is 2.33 bits per heavy atom. The quantitative estimate of drug-likeness (QED) is 0.785. The van der Waals surface area contributed by atoms with Crippen LogP contribution >= 0.6 is 0 Å². The minimum Gasteiger partial charge on any atom is -0.508 e. The summed E-state index contributed by atoms with van der Waals surface area (Å²) in [7, 11) is 0. The van der Waals surface area contributed by atoms with Crippen LogP contribution in [-0.4, -0.2) is 5.11 Å². The van der Waals surface area contributed by atoms with Crippen molar-refractivity contribution in [3.63, 3.8) is 0 Å². The van der Waals surface area contributed by atoms with Crippen molar-refractivity contribution in [2.24, 2.45) is 0 Å². The molecule has 0 heterocycles. The van der Waals surface area contributed by atoms with E-state index in [1.54, 1.807) is 12.1 Å². The molecule has 0 saturated heterocycles. The van der Waals surface area contributed by atoms with Gasteiger partial charge in [0.1, 0.15) is 5.75 Å². The molecule has 1 nitrogen and oxygen atoms in total. The fourth-order valence-electron chi connectivity index (χ4n) is 1.67. The van der Waals surface area contributed by atoms with Gasteiger partial charge in [0.2, 0.25) is 0 Å². The highest BCUT2D eigenvalue weighted by molar-refractivity contribution is 5.32. The fourth-order valence-corrected chi connectivity index (χ4v) is 1.67. The monoisotopic (exact) mass is 198 g/mol. The molecular weight excluding hydrogens is 184 g/mol. The Morgan fingerprint density at radius 1 is 0.933 bits per heavy atom. The molecule has 76 valence electrons. The van der Waals surface area contributed by atoms with Crippen LogP contribution in [0.15, 0.2) is 48.5 Å². The summed E-state index contributed by atoms with van der Waals surface area (Å²) in [4.78, 5) is 0. The summed E-state index contributed by atoms with van der Waals surface area (Å²) in [6.07, 6.45) is 0.919. The highest BCUT2D eigenvalue weighted by Gasteiger charge is 1.96. The van der Waals surface area contributed by atoms with Gasteiger partial charge in [0.05, 0.1) is 0 Å². The SMILES string of the molecule is Cc1cccc(Cc2ccc(O)cc2)c1. The van der Waals surface area contributed by atoms with E-state index in [0.717, 1.165) is 6.42 Å². The molecule has 1 heteroatoms. The van der Waals surface area contributed by atoms with Crippen LogP contribution < -0.4 is 0 Å². The summed E-state index contributed by atoms with van der Waals surface area (Å²) in [6, 6.07) is 15.9. The van der Waals surface area contributed by atoms with Gasteiger partial charge in [-0.1, -0.05) is 42.0 Å². The van der Waals surface area contributed by atoms with Gasteiger partial charge in [0, 0.05) is 0 Å². The lowest BCUT2D eigenvalue weighted by atomic mass is 10.0. The largest absolute Gasteiger partial charge is 0.508 e. The first-order valence-electron chi connectivity index (χ1n) is 5.07. The highest BCUT2D eigenvalue weighted by atomic mass is 16.3. The van der Waals surface area contributed by atoms with E-state index < -0.39 is 0 Å². The van der Waals surface area contributed by atoms with Crippen LogP contribution in [0.1, 0.15) is 16.7 Å². The van der Waals surface area contributed by atoms with Crippen molar-refractivity contribution in [2.45, 2.75) is 13.3 Å². The average molecular weight is 198 g/mol. The van der Waals surface area contributed by atoms with Crippen LogP contribution in [0.5, 0.6) is 5.75 Å². The van der Waals surface area contributed by atoms with Gasteiger partial charge in [0.15, 0.2) is 0 Å². The molecule has 0 aromatic heterocycles. The maximum Gasteiger partial charge on any atom is 0.115 e. The summed E-state index contributed by atoms with van der Waals surface area (Å²) < 4.78 is 0. The number of phenols is 1. The lowest BCUT2D eigenvalue weighted by Crippen LogP contribution is -1.87. The topological polar surface area (TPSA) is 20.2 Å². The van der Waals surface area contributed by atoms with Gasteiger partial charge >= 0.3 is 0 Å². The fraction of sp³-hybridized carbons (Fsp3) is 0.143. The second-order valence-corrected chi connectivity index (χ2v) is 3.83. The Morgan fingerprint density at radius 2 is 1.67 bits per heavy atom. The molecule has 15 heavy (non-hydrogen) atoms. The predicted octanol–water partition coefficient (Wildman–Crippen LogP) is 3.29. The Kier molecular flexibility index (Phi) is 2.72. The number of aromatic hydroxyl groups is 1. The Balaban J connectivity index is 2.18. The Bertz CT molecular complexity index is 443. The second-order valence-electron chi connectivity index (χ2n) is 3.83. The number of rotatable bonds is 2. The minimum absolute atomic E-state index is 0.322. The maximum atomic E-state index is 9.17. The minimum atomic E-state index is 0.322. The van der Waals surface area contributed by atoms with Gasteiger partial charge in [-0.3, -0.25) is 0 Å². The molecular formula is C14H14O. The van der Waals surface area contributed by atoms with Crippen molar-refractivity contribution < 1.29 is 5.11 Å². The van der Waals surface area contributed by atoms with Crippen LogP contribution in [0.25, 0.3) is 0 Å². The first kappa shape index (κ1) is 9.78. The molecule has 0 aliphatic heterocycles. The molecule has 0 spiro atoms. The number of hydrogen-bond donors (Lipinski definition) is 1. The van der Waals surface area contributed by atoms with Gasteiger partial charge in [-0.25, -0.2) is 0 Å². The van der Waals surface area contributed by atoms with Gasteiger partial charge in [-0.2, -0.15) is 0 Å². The second kappa shape index (κ2) is 4.18. The third kappa shape index (κ3) is 2.59. The van der Waals surface area contributed by atoms with E-state index in [2.05, 4.69) is 31.2 Å². The number of phenolic OH excluding ortho intramolecular Hbond substituents is 1. The molecule has 2 rings (SSSR count). The molecule has 0 radical (unpaired) electrons. The van der Waals surface area contributed by atoms with Crippen molar-refractivity contribution in [3.05, 3.63) is 65.2 Å². The van der Waals surface area contributed by atoms with Crippen LogP contribution in [0.4, 0.5) is 0 Å². The molecule has 0 unspecified atom stereocenters. The van der Waals surface area contributed by atoms with Crippen molar-refractivity contribution in [2.75, 3.05) is 0 Å². The first-order valence-corrected chi connectivity index (χ1v) is 5.07. The zero-order valence-electron chi connectivity index (χ0n) is 8.77. The molecule has 0 saturated carbocycles. The molecule has 0 amide bonds. The zero-order valence-corrected chi connectivity index (χ0v) is 8.77. The van der Waals surface area contributed by atoms with E-state index in [1.807, 2.05) is 12.1 Å². The van der Waals surface area contributed by atoms with E-state index in [4.69, 9.17) is 5.11 Å². The highest BCUT2D eigenvalue weighted by Crippen LogP contribution is 2.14. The lowest BCUT2D eigenvalue weighted by molar-refractivity contribution is 0.475. The molecule has 1 N–H and O–H groups in total. The summed E-state index contributed by atoms with van der Waals surface area (Å²) in [5.41, 5.74) is 3.81. The number of hydrogen-bond acceptors (Lipinski definition) is 1. The van der Waals surface area contributed by atoms with Crippen molar-refractivity contribution in [1.29, 1.82) is 0 Å². The molecule has 2 aromatic carbocycles. The lowest BCUT2D eigenvalue weighted by Gasteiger charge is -2.03. The predicted molar refractivity (Wildman–Crippen MR) is 62.1 cm³/mol. The van der Waals surface area contributed by atoms with Crippen molar-refractivity contribution in [3.8, 4) is 5.75 Å². The summed E-state index contributed by atoms with van der Waals surface area (Å²) >= 11 is 0. The summed E-state index contributed by atoms with van der Waals surface area (Å²) in [5, 5.41) is 9.17. The normalized spacial score (nSPS) is 10.2. The molecule has 0 aliphatic carbocycles. The van der Waals surface area contributed by atoms with Crippen LogP contribution in [-0.2, 0) is 6.42 Å². The van der Waals surface area contributed by atoms with Crippen molar-refractivity contribution >= 4 is 0 Å². The smallest absolute Gasteiger partial charge is 0.115 e. The first-order chi connectivity index (χ1) is 7.24. The standard InChI is InChI=1S/C14H14O/c1-11-3-2-4-13(9-11)10-12-5-7-14(15)8-6-12/h2-9,15H,10H2,1H3. The average Bonchev–Trinajstić information content (AvgIpc) is 2.22. The van der Waals surface area contributed by atoms with Crippen molar-refractivity contribution in [1.82, 2.24) is 0 Å². The third-order valence-electron chi connectivity index (χ3n) is 2.43. The van der Waals surface area contributed by atoms with E-state index in [0.29, 0.717) is 5.75 Å². The summed E-state index contributed by atoms with van der Waals surface area (Å²) in [6.45, 7) is 2.10. The van der Waals surface area contributed by atoms with E-state index in [1.165, 1.54) is 16.7 Å². The Hall–Kier alpha value is -1.76. The van der Waals surface area contributed by atoms with Crippen LogP contribution in [0.2, 0.25) is 0 Å².